The molecule has 0 atom stereocenters. The van der Waals surface area contributed by atoms with Crippen LogP contribution in [0, 0.1) is 0 Å². The molecule has 1 aromatic heterocycles. The lowest BCUT2D eigenvalue weighted by Gasteiger charge is -2.11. The standard InChI is InChI=1S/C16H14N2O5S3/c1-2-18-15(21)13(8-10-5-6-11(19)9-12(10)20)25-16(18)17-26(22,23)14-4-3-7-24-14/h3-9,19-20H,2H2,1H3/b13-8-,17-16+. The van der Waals surface area contributed by atoms with E-state index in [0.717, 1.165) is 29.2 Å². The molecule has 10 heteroatoms. The van der Waals surface area contributed by atoms with Crippen LogP contribution in [0.2, 0.25) is 0 Å². The van der Waals surface area contributed by atoms with Gasteiger partial charge < -0.3 is 10.2 Å². The van der Waals surface area contributed by atoms with Crippen molar-refractivity contribution in [3.05, 3.63) is 46.2 Å². The van der Waals surface area contributed by atoms with Crippen LogP contribution in [-0.2, 0) is 14.8 Å². The van der Waals surface area contributed by atoms with Crippen molar-refractivity contribution in [2.24, 2.45) is 4.40 Å². The van der Waals surface area contributed by atoms with Crippen molar-refractivity contribution in [2.45, 2.75) is 11.1 Å². The first kappa shape index (κ1) is 18.5. The number of thiophene rings is 1. The average molecular weight is 410 g/mol. The Hall–Kier alpha value is -2.30. The van der Waals surface area contributed by atoms with Crippen molar-refractivity contribution in [2.75, 3.05) is 6.54 Å². The van der Waals surface area contributed by atoms with Crippen molar-refractivity contribution in [3.8, 4) is 11.5 Å². The number of aromatic hydroxyl groups is 2. The van der Waals surface area contributed by atoms with Crippen LogP contribution < -0.4 is 0 Å². The molecule has 0 spiro atoms. The average Bonchev–Trinajstić information content (AvgIpc) is 3.20. The second-order valence-corrected chi connectivity index (χ2v) is 8.97. The van der Waals surface area contributed by atoms with Gasteiger partial charge in [-0.05, 0) is 48.3 Å². The first-order valence-corrected chi connectivity index (χ1v) is 10.6. The number of carbonyl (C=O) groups excluding carboxylic acids is 1. The highest BCUT2D eigenvalue weighted by atomic mass is 32.2. The lowest BCUT2D eigenvalue weighted by molar-refractivity contribution is -0.122. The molecule has 3 rings (SSSR count). The van der Waals surface area contributed by atoms with E-state index in [4.69, 9.17) is 0 Å². The maximum Gasteiger partial charge on any atom is 0.294 e. The van der Waals surface area contributed by atoms with Crippen LogP contribution in [0.5, 0.6) is 11.5 Å². The number of amidine groups is 1. The molecule has 1 aliphatic heterocycles. The third kappa shape index (κ3) is 3.62. The molecule has 0 radical (unpaired) electrons. The summed E-state index contributed by atoms with van der Waals surface area (Å²) in [6, 6.07) is 7.06. The Morgan fingerprint density at radius 1 is 1.27 bits per heavy atom. The van der Waals surface area contributed by atoms with E-state index in [2.05, 4.69) is 4.40 Å². The molecule has 2 N–H and O–H groups in total. The Morgan fingerprint density at radius 2 is 2.04 bits per heavy atom. The number of amides is 1. The number of carbonyl (C=O) groups is 1. The number of hydrogen-bond donors (Lipinski definition) is 2. The highest BCUT2D eigenvalue weighted by molar-refractivity contribution is 8.19. The number of benzene rings is 1. The number of nitrogens with zero attached hydrogens (tertiary/aromatic N) is 2. The Bertz CT molecular complexity index is 1010. The normalized spacial score (nSPS) is 18.2. The number of rotatable bonds is 4. The minimum absolute atomic E-state index is 0.0652. The fraction of sp³-hybridized carbons (Fsp3) is 0.125. The fourth-order valence-electron chi connectivity index (χ4n) is 2.21. The van der Waals surface area contributed by atoms with E-state index in [1.807, 2.05) is 0 Å². The van der Waals surface area contributed by atoms with Gasteiger partial charge in [-0.1, -0.05) is 6.07 Å². The molecule has 7 nitrogen and oxygen atoms in total. The van der Waals surface area contributed by atoms with E-state index >= 15 is 0 Å². The molecule has 1 fully saturated rings. The van der Waals surface area contributed by atoms with Gasteiger partial charge in [-0.15, -0.1) is 15.7 Å². The largest absolute Gasteiger partial charge is 0.508 e. The zero-order valence-electron chi connectivity index (χ0n) is 13.5. The van der Waals surface area contributed by atoms with Gasteiger partial charge in [-0.25, -0.2) is 0 Å². The molecular weight excluding hydrogens is 396 g/mol. The Labute approximate surface area is 158 Å². The van der Waals surface area contributed by atoms with E-state index in [0.29, 0.717) is 5.56 Å². The summed E-state index contributed by atoms with van der Waals surface area (Å²) >= 11 is 1.97. The van der Waals surface area contributed by atoms with E-state index in [1.165, 1.54) is 29.2 Å². The summed E-state index contributed by atoms with van der Waals surface area (Å²) in [7, 11) is -3.89. The summed E-state index contributed by atoms with van der Waals surface area (Å²) in [5.74, 6) is -0.690. The smallest absolute Gasteiger partial charge is 0.294 e. The van der Waals surface area contributed by atoms with Gasteiger partial charge in [0.1, 0.15) is 15.7 Å². The van der Waals surface area contributed by atoms with E-state index in [9.17, 15) is 23.4 Å². The highest BCUT2D eigenvalue weighted by Crippen LogP contribution is 2.35. The van der Waals surface area contributed by atoms with Gasteiger partial charge in [0.05, 0.1) is 4.91 Å². The summed E-state index contributed by atoms with van der Waals surface area (Å²) in [5, 5.41) is 20.9. The number of phenols is 2. The van der Waals surface area contributed by atoms with Gasteiger partial charge >= 0.3 is 0 Å². The van der Waals surface area contributed by atoms with Crippen LogP contribution in [0.15, 0.2) is 49.2 Å². The first-order chi connectivity index (χ1) is 12.3. The van der Waals surface area contributed by atoms with Gasteiger partial charge in [0.25, 0.3) is 15.9 Å². The van der Waals surface area contributed by atoms with Crippen LogP contribution in [0.1, 0.15) is 12.5 Å². The van der Waals surface area contributed by atoms with E-state index < -0.39 is 15.9 Å². The Kier molecular flexibility index (Phi) is 5.08. The summed E-state index contributed by atoms with van der Waals surface area (Å²) in [4.78, 5) is 14.0. The number of likely N-dealkylation sites (N-methyl/N-ethyl adjacent to an activating group) is 1. The molecule has 0 unspecified atom stereocenters. The minimum atomic E-state index is -3.89. The fourth-order valence-corrected chi connectivity index (χ4v) is 5.41. The maximum atomic E-state index is 12.5. The van der Waals surface area contributed by atoms with Crippen molar-refractivity contribution < 1.29 is 23.4 Å². The molecule has 136 valence electrons. The lowest BCUT2D eigenvalue weighted by atomic mass is 10.1. The van der Waals surface area contributed by atoms with Crippen LogP contribution in [-0.4, -0.2) is 41.2 Å². The molecule has 1 aliphatic rings. The quantitative estimate of drug-likeness (QED) is 0.751. The predicted octanol–water partition coefficient (Wildman–Crippen LogP) is 2.84. The van der Waals surface area contributed by atoms with Crippen molar-refractivity contribution in [1.29, 1.82) is 0 Å². The number of phenolic OH excluding ortho intramolecular Hbond substituents is 2. The van der Waals surface area contributed by atoms with Gasteiger partial charge in [-0.2, -0.15) is 8.42 Å². The van der Waals surface area contributed by atoms with Crippen molar-refractivity contribution in [1.82, 2.24) is 4.90 Å². The third-order valence-corrected chi connectivity index (χ3v) is 7.21. The van der Waals surface area contributed by atoms with E-state index in [-0.39, 0.29) is 32.3 Å². The monoisotopic (exact) mass is 410 g/mol. The van der Waals surface area contributed by atoms with Gasteiger partial charge in [0.15, 0.2) is 5.17 Å². The molecule has 2 aromatic rings. The molecule has 0 saturated carbocycles. The Balaban J connectivity index is 1.98. The maximum absolute atomic E-state index is 12.5. The number of sulfonamides is 1. The second-order valence-electron chi connectivity index (χ2n) is 5.18. The van der Waals surface area contributed by atoms with Crippen molar-refractivity contribution in [3.63, 3.8) is 0 Å². The summed E-state index contributed by atoms with van der Waals surface area (Å²) in [6.07, 6.45) is 1.44. The molecule has 26 heavy (non-hydrogen) atoms. The third-order valence-electron chi connectivity index (χ3n) is 3.45. The summed E-state index contributed by atoms with van der Waals surface area (Å²) in [5.41, 5.74) is 0.331. The zero-order chi connectivity index (χ0) is 18.9. The van der Waals surface area contributed by atoms with Crippen molar-refractivity contribution >= 4 is 50.3 Å². The number of thioether (sulfide) groups is 1. The zero-order valence-corrected chi connectivity index (χ0v) is 15.9. The molecule has 1 saturated heterocycles. The summed E-state index contributed by atoms with van der Waals surface area (Å²) < 4.78 is 28.6. The summed E-state index contributed by atoms with van der Waals surface area (Å²) in [6.45, 7) is 1.97. The SMILES string of the molecule is CCN1C(=O)/C(=C/c2ccc(O)cc2O)S/C1=N/S(=O)(=O)c1cccs1. The molecular formula is C16H14N2O5S3. The first-order valence-electron chi connectivity index (χ1n) is 7.43. The number of hydrogen-bond acceptors (Lipinski definition) is 7. The molecule has 0 aliphatic carbocycles. The topological polar surface area (TPSA) is 107 Å². The highest BCUT2D eigenvalue weighted by Gasteiger charge is 2.34. The molecule has 0 bridgehead atoms. The molecule has 1 aromatic carbocycles. The molecule has 2 heterocycles. The molecule has 1 amide bonds. The lowest BCUT2D eigenvalue weighted by Crippen LogP contribution is -2.29. The van der Waals surface area contributed by atoms with E-state index in [1.54, 1.807) is 18.4 Å². The van der Waals surface area contributed by atoms with Crippen LogP contribution in [0.3, 0.4) is 0 Å². The van der Waals surface area contributed by atoms with Crippen LogP contribution in [0.4, 0.5) is 0 Å². The second kappa shape index (κ2) is 7.14. The minimum Gasteiger partial charge on any atom is -0.508 e. The van der Waals surface area contributed by atoms with Gasteiger partial charge in [-0.3, -0.25) is 9.69 Å². The van der Waals surface area contributed by atoms with Crippen LogP contribution in [0.25, 0.3) is 6.08 Å². The van der Waals surface area contributed by atoms with Crippen LogP contribution >= 0.6 is 23.1 Å². The van der Waals surface area contributed by atoms with Gasteiger partial charge in [0.2, 0.25) is 0 Å². The predicted molar refractivity (Wildman–Crippen MR) is 102 cm³/mol. The van der Waals surface area contributed by atoms with Gasteiger partial charge in [0, 0.05) is 18.2 Å². The Morgan fingerprint density at radius 3 is 2.65 bits per heavy atom.